The Morgan fingerprint density at radius 1 is 0.963 bits per heavy atom. The summed E-state index contributed by atoms with van der Waals surface area (Å²) in [4.78, 5) is 12.4. The summed E-state index contributed by atoms with van der Waals surface area (Å²) in [5.74, 6) is 0.0717. The fraction of sp³-hybridized carbons (Fsp3) is 0.300. The van der Waals surface area contributed by atoms with Crippen molar-refractivity contribution in [2.24, 2.45) is 5.92 Å². The summed E-state index contributed by atoms with van der Waals surface area (Å²) in [7, 11) is 6.06. The quantitative estimate of drug-likeness (QED) is 0.591. The Morgan fingerprint density at radius 3 is 2.15 bits per heavy atom. The first-order valence-electron chi connectivity index (χ1n) is 8.17. The van der Waals surface area contributed by atoms with E-state index in [2.05, 4.69) is 6.07 Å². The van der Waals surface area contributed by atoms with Gasteiger partial charge in [-0.05, 0) is 23.8 Å². The summed E-state index contributed by atoms with van der Waals surface area (Å²) in [6.07, 6.45) is 0. The van der Waals surface area contributed by atoms with Crippen LogP contribution in [0.4, 0.5) is 0 Å². The van der Waals surface area contributed by atoms with E-state index in [9.17, 15) is 10.1 Å². The van der Waals surface area contributed by atoms with Gasteiger partial charge < -0.3 is 23.7 Å². The number of carbonyl (C=O) groups is 1. The van der Waals surface area contributed by atoms with Gasteiger partial charge in [-0.1, -0.05) is 6.07 Å². The third kappa shape index (κ3) is 3.10. The molecule has 1 aliphatic heterocycles. The van der Waals surface area contributed by atoms with Gasteiger partial charge in [-0.15, -0.1) is 0 Å². The van der Waals surface area contributed by atoms with Crippen LogP contribution < -0.4 is 23.7 Å². The number of esters is 1. The van der Waals surface area contributed by atoms with E-state index in [0.717, 1.165) is 0 Å². The van der Waals surface area contributed by atoms with Crippen LogP contribution >= 0.6 is 0 Å². The standard InChI is InChI=1S/C20H19NO6/c1-23-12-5-6-13-15(9-12)27-20(22)14(10-21)18(13)11-7-16(24-2)19(26-4)17(8-11)25-3/h5-9,14,18H,1-4H3. The topological polar surface area (TPSA) is 87.0 Å². The molecule has 0 N–H and O–H groups in total. The third-order valence-electron chi connectivity index (χ3n) is 4.54. The molecular weight excluding hydrogens is 350 g/mol. The lowest BCUT2D eigenvalue weighted by atomic mass is 9.79. The predicted molar refractivity (Wildman–Crippen MR) is 95.7 cm³/mol. The molecule has 2 atom stereocenters. The van der Waals surface area contributed by atoms with Crippen LogP contribution in [0.5, 0.6) is 28.7 Å². The van der Waals surface area contributed by atoms with Gasteiger partial charge in [0.05, 0.1) is 34.5 Å². The summed E-state index contributed by atoms with van der Waals surface area (Å²) < 4.78 is 26.7. The maximum absolute atomic E-state index is 12.4. The third-order valence-corrected chi connectivity index (χ3v) is 4.54. The fourth-order valence-electron chi connectivity index (χ4n) is 3.25. The molecule has 0 aliphatic carbocycles. The zero-order chi connectivity index (χ0) is 19.6. The number of hydrogen-bond acceptors (Lipinski definition) is 7. The lowest BCUT2D eigenvalue weighted by Gasteiger charge is -2.29. The van der Waals surface area contributed by atoms with Crippen molar-refractivity contribution in [3.8, 4) is 34.8 Å². The number of nitriles is 1. The number of fused-ring (bicyclic) bond motifs is 1. The van der Waals surface area contributed by atoms with Gasteiger partial charge in [-0.2, -0.15) is 5.26 Å². The normalized spacial score (nSPS) is 18.0. The summed E-state index contributed by atoms with van der Waals surface area (Å²) in [5, 5.41) is 9.61. The van der Waals surface area contributed by atoms with Gasteiger partial charge in [-0.3, -0.25) is 4.79 Å². The molecule has 0 spiro atoms. The molecule has 2 aromatic carbocycles. The number of rotatable bonds is 5. The summed E-state index contributed by atoms with van der Waals surface area (Å²) in [6.45, 7) is 0. The number of ether oxygens (including phenoxy) is 5. The lowest BCUT2D eigenvalue weighted by molar-refractivity contribution is -0.138. The van der Waals surface area contributed by atoms with Crippen molar-refractivity contribution in [1.29, 1.82) is 5.26 Å². The van der Waals surface area contributed by atoms with E-state index in [1.54, 1.807) is 30.3 Å². The minimum atomic E-state index is -1.01. The number of hydrogen-bond donors (Lipinski definition) is 0. The van der Waals surface area contributed by atoms with E-state index in [1.807, 2.05) is 0 Å². The van der Waals surface area contributed by atoms with Crippen LogP contribution in [0.15, 0.2) is 30.3 Å². The van der Waals surface area contributed by atoms with Gasteiger partial charge in [0.15, 0.2) is 17.4 Å². The molecule has 2 unspecified atom stereocenters. The molecule has 0 saturated heterocycles. The molecule has 1 heterocycles. The number of methoxy groups -OCH3 is 4. The smallest absolute Gasteiger partial charge is 0.329 e. The highest BCUT2D eigenvalue weighted by Crippen LogP contribution is 2.47. The van der Waals surface area contributed by atoms with Gasteiger partial charge in [-0.25, -0.2) is 0 Å². The van der Waals surface area contributed by atoms with Gasteiger partial charge in [0, 0.05) is 17.5 Å². The maximum Gasteiger partial charge on any atom is 0.329 e. The molecule has 7 heteroatoms. The number of benzene rings is 2. The molecule has 140 valence electrons. The van der Waals surface area contributed by atoms with Gasteiger partial charge in [0.25, 0.3) is 0 Å². The van der Waals surface area contributed by atoms with Crippen LogP contribution in [0.2, 0.25) is 0 Å². The molecule has 27 heavy (non-hydrogen) atoms. The minimum Gasteiger partial charge on any atom is -0.497 e. The van der Waals surface area contributed by atoms with E-state index < -0.39 is 17.8 Å². The largest absolute Gasteiger partial charge is 0.497 e. The molecule has 0 bridgehead atoms. The Labute approximate surface area is 157 Å². The van der Waals surface area contributed by atoms with Crippen LogP contribution in [0.25, 0.3) is 0 Å². The van der Waals surface area contributed by atoms with Crippen LogP contribution in [-0.2, 0) is 4.79 Å². The van der Waals surface area contributed by atoms with Gasteiger partial charge in [0.2, 0.25) is 5.75 Å². The van der Waals surface area contributed by atoms with Crippen molar-refractivity contribution in [1.82, 2.24) is 0 Å². The first-order chi connectivity index (χ1) is 13.1. The molecule has 0 radical (unpaired) electrons. The highest BCUT2D eigenvalue weighted by Gasteiger charge is 2.40. The van der Waals surface area contributed by atoms with E-state index in [-0.39, 0.29) is 0 Å². The molecule has 7 nitrogen and oxygen atoms in total. The Kier molecular flexibility index (Phi) is 5.08. The van der Waals surface area contributed by atoms with Crippen molar-refractivity contribution >= 4 is 5.97 Å². The lowest BCUT2D eigenvalue weighted by Crippen LogP contribution is -2.31. The van der Waals surface area contributed by atoms with Crippen molar-refractivity contribution in [2.75, 3.05) is 28.4 Å². The van der Waals surface area contributed by atoms with Gasteiger partial charge in [0.1, 0.15) is 11.5 Å². The number of nitrogens with zero attached hydrogens (tertiary/aromatic N) is 1. The van der Waals surface area contributed by atoms with Gasteiger partial charge >= 0.3 is 5.97 Å². The minimum absolute atomic E-state index is 0.365. The van der Waals surface area contributed by atoms with Crippen LogP contribution in [0, 0.1) is 17.2 Å². The Bertz CT molecular complexity index is 892. The first-order valence-corrected chi connectivity index (χ1v) is 8.17. The predicted octanol–water partition coefficient (Wildman–Crippen LogP) is 2.91. The molecule has 2 aromatic rings. The molecule has 0 saturated carbocycles. The van der Waals surface area contributed by atoms with E-state index in [0.29, 0.717) is 39.9 Å². The average molecular weight is 369 g/mol. The van der Waals surface area contributed by atoms with Crippen molar-refractivity contribution in [2.45, 2.75) is 5.92 Å². The summed E-state index contributed by atoms with van der Waals surface area (Å²) >= 11 is 0. The second-order valence-electron chi connectivity index (χ2n) is 5.87. The van der Waals surface area contributed by atoms with Crippen molar-refractivity contribution < 1.29 is 28.5 Å². The molecule has 0 aromatic heterocycles. The second kappa shape index (κ2) is 7.46. The maximum atomic E-state index is 12.4. The molecule has 1 aliphatic rings. The van der Waals surface area contributed by atoms with E-state index in [4.69, 9.17) is 23.7 Å². The molecule has 3 rings (SSSR count). The van der Waals surface area contributed by atoms with Crippen LogP contribution in [0.1, 0.15) is 17.0 Å². The molecule has 0 amide bonds. The van der Waals surface area contributed by atoms with Crippen molar-refractivity contribution in [3.63, 3.8) is 0 Å². The fourth-order valence-corrected chi connectivity index (χ4v) is 3.25. The van der Waals surface area contributed by atoms with E-state index >= 15 is 0 Å². The molecular formula is C20H19NO6. The highest BCUT2D eigenvalue weighted by molar-refractivity contribution is 5.83. The SMILES string of the molecule is COc1ccc2c(c1)OC(=O)C(C#N)C2c1cc(OC)c(OC)c(OC)c1. The molecule has 0 fully saturated rings. The zero-order valence-corrected chi connectivity index (χ0v) is 15.4. The highest BCUT2D eigenvalue weighted by atomic mass is 16.5. The van der Waals surface area contributed by atoms with Crippen LogP contribution in [-0.4, -0.2) is 34.4 Å². The average Bonchev–Trinajstić information content (AvgIpc) is 2.70. The second-order valence-corrected chi connectivity index (χ2v) is 5.87. The Hall–Kier alpha value is -3.40. The Morgan fingerprint density at radius 2 is 1.63 bits per heavy atom. The number of carbonyl (C=O) groups excluding carboxylic acids is 1. The Balaban J connectivity index is 2.23. The van der Waals surface area contributed by atoms with E-state index in [1.165, 1.54) is 28.4 Å². The zero-order valence-electron chi connectivity index (χ0n) is 15.4. The monoisotopic (exact) mass is 369 g/mol. The van der Waals surface area contributed by atoms with Crippen LogP contribution in [0.3, 0.4) is 0 Å². The first kappa shape index (κ1) is 18.4. The summed E-state index contributed by atoms with van der Waals surface area (Å²) in [6, 6.07) is 10.7. The summed E-state index contributed by atoms with van der Waals surface area (Å²) in [5.41, 5.74) is 1.38. The van der Waals surface area contributed by atoms with Crippen molar-refractivity contribution in [3.05, 3.63) is 41.5 Å².